The fourth-order valence-corrected chi connectivity index (χ4v) is 3.72. The minimum atomic E-state index is -0.403. The maximum Gasteiger partial charge on any atom is 0.0757 e. The summed E-state index contributed by atoms with van der Waals surface area (Å²) >= 11 is 1.61. The molecule has 2 fully saturated rings. The molecule has 8 heteroatoms. The number of aliphatic hydroxyl groups excluding tert-OH is 2. The van der Waals surface area contributed by atoms with Crippen LogP contribution in [0, 0.1) is 0 Å². The van der Waals surface area contributed by atoms with Crippen LogP contribution in [0.25, 0.3) is 0 Å². The van der Waals surface area contributed by atoms with Gasteiger partial charge >= 0.3 is 0 Å². The van der Waals surface area contributed by atoms with E-state index in [0.29, 0.717) is 64.2 Å². The van der Waals surface area contributed by atoms with Crippen LogP contribution in [-0.4, -0.2) is 123 Å². The third-order valence-electron chi connectivity index (χ3n) is 4.14. The predicted octanol–water partition coefficient (Wildman–Crippen LogP) is -0.878. The van der Waals surface area contributed by atoms with Crippen LogP contribution in [0.1, 0.15) is 0 Å². The van der Waals surface area contributed by atoms with Crippen molar-refractivity contribution in [1.29, 1.82) is 0 Å². The first kappa shape index (κ1) is 20.4. The number of aliphatic hydroxyl groups is 2. The van der Waals surface area contributed by atoms with Gasteiger partial charge in [0.2, 0.25) is 0 Å². The van der Waals surface area contributed by atoms with Gasteiger partial charge in [-0.3, -0.25) is 9.80 Å². The molecule has 2 aliphatic rings. The summed E-state index contributed by atoms with van der Waals surface area (Å²) in [7, 11) is 0. The molecule has 0 amide bonds. The van der Waals surface area contributed by atoms with Gasteiger partial charge in [-0.15, -0.1) is 0 Å². The number of rotatable bonds is 0. The van der Waals surface area contributed by atoms with Gasteiger partial charge in [0.15, 0.2) is 0 Å². The van der Waals surface area contributed by atoms with Crippen LogP contribution in [-0.2, 0) is 14.2 Å². The minimum absolute atomic E-state index is 0.403. The molecule has 2 bridgehead atoms. The van der Waals surface area contributed by atoms with E-state index in [0.717, 1.165) is 26.2 Å². The number of nitrogens with zero attached hydrogens (tertiary/aromatic N) is 2. The fourth-order valence-electron chi connectivity index (χ4n) is 2.83. The topological polar surface area (TPSA) is 74.6 Å². The third kappa shape index (κ3) is 8.96. The van der Waals surface area contributed by atoms with Crippen LogP contribution >= 0.6 is 11.8 Å². The van der Waals surface area contributed by atoms with E-state index in [1.807, 2.05) is 0 Å². The Morgan fingerprint density at radius 3 is 1.42 bits per heavy atom. The van der Waals surface area contributed by atoms with Crippen molar-refractivity contribution in [3.05, 3.63) is 0 Å². The lowest BCUT2D eigenvalue weighted by molar-refractivity contribution is 0.0256. The fraction of sp³-hybridized carbons (Fsp3) is 1.00. The van der Waals surface area contributed by atoms with Gasteiger partial charge in [0.05, 0.1) is 51.8 Å². The Hall–Kier alpha value is 0.0700. The zero-order chi connectivity index (χ0) is 17.0. The first-order valence-electron chi connectivity index (χ1n) is 8.86. The normalized spacial score (nSPS) is 36.2. The van der Waals surface area contributed by atoms with Gasteiger partial charge in [-0.2, -0.15) is 11.8 Å². The van der Waals surface area contributed by atoms with Crippen molar-refractivity contribution in [2.45, 2.75) is 12.2 Å². The van der Waals surface area contributed by atoms with Crippen molar-refractivity contribution in [2.75, 3.05) is 90.4 Å². The molecule has 0 aliphatic carbocycles. The third-order valence-corrected chi connectivity index (χ3v) is 5.38. The smallest absolute Gasteiger partial charge is 0.0757 e. The Morgan fingerprint density at radius 2 is 1.00 bits per heavy atom. The Bertz CT molecular complexity index is 299. The van der Waals surface area contributed by atoms with E-state index >= 15 is 0 Å². The molecule has 4 unspecified atom stereocenters. The van der Waals surface area contributed by atoms with Crippen molar-refractivity contribution in [3.63, 3.8) is 0 Å². The highest BCUT2D eigenvalue weighted by Gasteiger charge is 2.16. The predicted molar refractivity (Wildman–Crippen MR) is 94.7 cm³/mol. The standard InChI is InChI=1S/C16H32N2O5S/c19-15-11-17-1-5-21-6-2-18(12-16(20)14-24-13-15)4-8-23-10-9-22-7-3-17/h15-16,19-20H,1-14H2. The van der Waals surface area contributed by atoms with Crippen molar-refractivity contribution in [1.82, 2.24) is 9.80 Å². The van der Waals surface area contributed by atoms with E-state index in [9.17, 15) is 10.2 Å². The Labute approximate surface area is 149 Å². The molecular formula is C16H32N2O5S. The molecule has 0 aromatic heterocycles. The summed E-state index contributed by atoms with van der Waals surface area (Å²) in [6.45, 7) is 8.10. The first-order chi connectivity index (χ1) is 11.7. The molecular weight excluding hydrogens is 332 g/mol. The minimum Gasteiger partial charge on any atom is -0.391 e. The van der Waals surface area contributed by atoms with Gasteiger partial charge in [0.1, 0.15) is 0 Å². The maximum atomic E-state index is 10.2. The van der Waals surface area contributed by atoms with Gasteiger partial charge in [0, 0.05) is 50.8 Å². The summed E-state index contributed by atoms with van der Waals surface area (Å²) < 4.78 is 17.0. The Morgan fingerprint density at radius 1 is 0.625 bits per heavy atom. The lowest BCUT2D eigenvalue weighted by Gasteiger charge is -2.27. The Balaban J connectivity index is 1.98. The molecule has 4 atom stereocenters. The second kappa shape index (κ2) is 12.4. The summed E-state index contributed by atoms with van der Waals surface area (Å²) in [5.74, 6) is 1.27. The molecule has 142 valence electrons. The number of ether oxygens (including phenoxy) is 3. The van der Waals surface area contributed by atoms with E-state index in [2.05, 4.69) is 9.80 Å². The highest BCUT2D eigenvalue weighted by molar-refractivity contribution is 7.99. The molecule has 0 spiro atoms. The monoisotopic (exact) mass is 364 g/mol. The second-order valence-electron chi connectivity index (χ2n) is 6.28. The zero-order valence-corrected chi connectivity index (χ0v) is 15.3. The van der Waals surface area contributed by atoms with Gasteiger partial charge in [-0.25, -0.2) is 0 Å². The molecule has 2 N–H and O–H groups in total. The molecule has 0 radical (unpaired) electrons. The number of thioether (sulfide) groups is 1. The van der Waals surface area contributed by atoms with Crippen molar-refractivity contribution in [2.24, 2.45) is 0 Å². The molecule has 0 aromatic rings. The molecule has 7 nitrogen and oxygen atoms in total. The largest absolute Gasteiger partial charge is 0.391 e. The van der Waals surface area contributed by atoms with Crippen molar-refractivity contribution >= 4 is 11.8 Å². The summed E-state index contributed by atoms with van der Waals surface area (Å²) in [4.78, 5) is 4.37. The number of hydrogen-bond acceptors (Lipinski definition) is 8. The quantitative estimate of drug-likeness (QED) is 0.537. The average Bonchev–Trinajstić information content (AvgIpc) is 2.55. The summed E-state index contributed by atoms with van der Waals surface area (Å²) in [6, 6.07) is 0. The molecule has 0 saturated carbocycles. The number of fused-ring (bicyclic) bond motifs is 6. The molecule has 2 heterocycles. The van der Waals surface area contributed by atoms with E-state index in [4.69, 9.17) is 14.2 Å². The average molecular weight is 365 g/mol. The summed E-state index contributed by atoms with van der Waals surface area (Å²) in [6.07, 6.45) is -0.805. The van der Waals surface area contributed by atoms with E-state index in [-0.39, 0.29) is 0 Å². The Kier molecular flexibility index (Phi) is 10.6. The SMILES string of the molecule is OC1CSCC(O)CN2CCOCCOCCN(CCOCC2)C1. The van der Waals surface area contributed by atoms with Crippen LogP contribution in [0.15, 0.2) is 0 Å². The maximum absolute atomic E-state index is 10.2. The molecule has 2 saturated heterocycles. The van der Waals surface area contributed by atoms with Gasteiger partial charge in [0.25, 0.3) is 0 Å². The van der Waals surface area contributed by atoms with Crippen LogP contribution in [0.4, 0.5) is 0 Å². The lowest BCUT2D eigenvalue weighted by Crippen LogP contribution is -2.40. The number of hydrogen-bond donors (Lipinski definition) is 2. The molecule has 0 aromatic carbocycles. The van der Waals surface area contributed by atoms with E-state index in [1.165, 1.54) is 0 Å². The van der Waals surface area contributed by atoms with Crippen LogP contribution in [0.3, 0.4) is 0 Å². The van der Waals surface area contributed by atoms with Crippen molar-refractivity contribution in [3.8, 4) is 0 Å². The second-order valence-corrected chi connectivity index (χ2v) is 7.36. The molecule has 24 heavy (non-hydrogen) atoms. The summed E-state index contributed by atoms with van der Waals surface area (Å²) in [5, 5.41) is 20.5. The lowest BCUT2D eigenvalue weighted by atomic mass is 10.3. The zero-order valence-electron chi connectivity index (χ0n) is 14.5. The van der Waals surface area contributed by atoms with Crippen molar-refractivity contribution < 1.29 is 24.4 Å². The van der Waals surface area contributed by atoms with E-state index in [1.54, 1.807) is 11.8 Å². The highest BCUT2D eigenvalue weighted by atomic mass is 32.2. The van der Waals surface area contributed by atoms with Gasteiger partial charge in [-0.05, 0) is 0 Å². The van der Waals surface area contributed by atoms with Gasteiger partial charge < -0.3 is 24.4 Å². The molecule has 2 aliphatic heterocycles. The first-order valence-corrected chi connectivity index (χ1v) is 10.0. The van der Waals surface area contributed by atoms with Gasteiger partial charge in [-0.1, -0.05) is 0 Å². The highest BCUT2D eigenvalue weighted by Crippen LogP contribution is 2.09. The summed E-state index contributed by atoms with van der Waals surface area (Å²) in [5.41, 5.74) is 0. The van der Waals surface area contributed by atoms with Crippen LogP contribution in [0.2, 0.25) is 0 Å². The van der Waals surface area contributed by atoms with Crippen LogP contribution in [0.5, 0.6) is 0 Å². The van der Waals surface area contributed by atoms with Crippen LogP contribution < -0.4 is 0 Å². The molecule has 2 rings (SSSR count). The van der Waals surface area contributed by atoms with E-state index < -0.39 is 12.2 Å².